The second kappa shape index (κ2) is 6.74. The Balaban J connectivity index is 0.000000159. The molecule has 2 aromatic rings. The fourth-order valence-electron chi connectivity index (χ4n) is 1.99. The second-order valence-corrected chi connectivity index (χ2v) is 5.96. The van der Waals surface area contributed by atoms with Crippen molar-refractivity contribution >= 4 is 26.9 Å². The van der Waals surface area contributed by atoms with Crippen LogP contribution in [0.15, 0.2) is 42.5 Å². The van der Waals surface area contributed by atoms with E-state index in [0.29, 0.717) is 5.56 Å². The molecule has 0 aromatic heterocycles. The number of para-hydroxylation sites is 1. The molecule has 21 heavy (non-hydrogen) atoms. The summed E-state index contributed by atoms with van der Waals surface area (Å²) in [6, 6.07) is 12.5. The molecule has 0 saturated heterocycles. The van der Waals surface area contributed by atoms with E-state index in [9.17, 15) is 10.1 Å². The van der Waals surface area contributed by atoms with E-state index in [1.165, 1.54) is 22.9 Å². The van der Waals surface area contributed by atoms with Crippen LogP contribution in [-0.4, -0.2) is 26.9 Å². The first-order chi connectivity index (χ1) is 9.99. The molecule has 0 spiro atoms. The van der Waals surface area contributed by atoms with Crippen molar-refractivity contribution in [2.75, 3.05) is 0 Å². The number of nitro benzene ring substituents is 1. The Morgan fingerprint density at radius 2 is 2.05 bits per heavy atom. The van der Waals surface area contributed by atoms with Crippen LogP contribution >= 0.6 is 0 Å². The summed E-state index contributed by atoms with van der Waals surface area (Å²) in [6.45, 7) is 2.28. The summed E-state index contributed by atoms with van der Waals surface area (Å²) in [5.41, 5.74) is 1.61. The molecule has 2 unspecified atom stereocenters. The number of hydrogen-bond donors (Lipinski definition) is 1. The number of nitro groups is 1. The van der Waals surface area contributed by atoms with Crippen molar-refractivity contribution in [2.24, 2.45) is 0 Å². The minimum atomic E-state index is -0.799. The van der Waals surface area contributed by atoms with Crippen molar-refractivity contribution in [2.45, 2.75) is 19.6 Å². The van der Waals surface area contributed by atoms with Gasteiger partial charge in [0.25, 0.3) is 5.69 Å². The van der Waals surface area contributed by atoms with Crippen molar-refractivity contribution in [1.82, 2.24) is 0 Å². The van der Waals surface area contributed by atoms with E-state index in [2.05, 4.69) is 12.1 Å². The third-order valence-corrected chi connectivity index (χ3v) is 4.00. The fraction of sp³-hybridized carbons (Fsp3) is 0.200. The zero-order valence-electron chi connectivity index (χ0n) is 11.5. The Hall–Kier alpha value is -1.84. The summed E-state index contributed by atoms with van der Waals surface area (Å²) in [4.78, 5) is 9.92. The SMILES string of the molecule is CC(O)c1ccccc1[N+](=O)[O-].[AsH2]c1cc2ccc1OC2. The van der Waals surface area contributed by atoms with Gasteiger partial charge in [0.2, 0.25) is 0 Å². The molecule has 2 aliphatic heterocycles. The summed E-state index contributed by atoms with van der Waals surface area (Å²) >= 11 is 1.63. The van der Waals surface area contributed by atoms with Gasteiger partial charge in [-0.3, -0.25) is 10.1 Å². The molecule has 5 nitrogen and oxygen atoms in total. The van der Waals surface area contributed by atoms with Crippen LogP contribution < -0.4 is 9.09 Å². The summed E-state index contributed by atoms with van der Waals surface area (Å²) < 4.78 is 6.64. The molecule has 2 atom stereocenters. The van der Waals surface area contributed by atoms with Gasteiger partial charge in [0.15, 0.2) is 0 Å². The van der Waals surface area contributed by atoms with Crippen molar-refractivity contribution in [3.63, 3.8) is 0 Å². The van der Waals surface area contributed by atoms with Gasteiger partial charge in [-0.25, -0.2) is 0 Å². The normalized spacial score (nSPS) is 12.9. The van der Waals surface area contributed by atoms with Crippen LogP contribution in [0.2, 0.25) is 0 Å². The van der Waals surface area contributed by atoms with Gasteiger partial charge in [-0.2, -0.15) is 0 Å². The molecule has 2 aliphatic rings. The van der Waals surface area contributed by atoms with Crippen LogP contribution in [0.25, 0.3) is 0 Å². The van der Waals surface area contributed by atoms with Gasteiger partial charge in [-0.05, 0) is 13.0 Å². The van der Waals surface area contributed by atoms with Crippen molar-refractivity contribution < 1.29 is 14.8 Å². The van der Waals surface area contributed by atoms with E-state index in [-0.39, 0.29) is 5.69 Å². The van der Waals surface area contributed by atoms with Crippen molar-refractivity contribution in [3.8, 4) is 5.75 Å². The Morgan fingerprint density at radius 3 is 2.38 bits per heavy atom. The molecular formula is C15H16AsNO4. The van der Waals surface area contributed by atoms with E-state index >= 15 is 0 Å². The predicted molar refractivity (Wildman–Crippen MR) is 82.7 cm³/mol. The van der Waals surface area contributed by atoms with E-state index in [1.54, 1.807) is 35.1 Å². The minimum absolute atomic E-state index is 0.0347. The molecule has 2 aromatic carbocycles. The van der Waals surface area contributed by atoms with Crippen LogP contribution in [0.3, 0.4) is 0 Å². The molecule has 0 radical (unpaired) electrons. The number of fused-ring (bicyclic) bond motifs is 3. The zero-order chi connectivity index (χ0) is 15.4. The third-order valence-electron chi connectivity index (χ3n) is 3.05. The zero-order valence-corrected chi connectivity index (χ0v) is 13.9. The Kier molecular flexibility index (Phi) is 4.99. The van der Waals surface area contributed by atoms with E-state index in [0.717, 1.165) is 12.4 Å². The summed E-state index contributed by atoms with van der Waals surface area (Å²) in [7, 11) is 0. The molecule has 1 N–H and O–H groups in total. The summed E-state index contributed by atoms with van der Waals surface area (Å²) in [5.74, 6) is 1.06. The first-order valence-corrected chi connectivity index (χ1v) is 7.62. The van der Waals surface area contributed by atoms with Gasteiger partial charge in [-0.15, -0.1) is 0 Å². The predicted octanol–water partition coefficient (Wildman–Crippen LogP) is 1.49. The van der Waals surface area contributed by atoms with E-state index in [4.69, 9.17) is 9.84 Å². The standard InChI is InChI=1S/C8H9NO3.C7H7AsO/c1-6(10)7-4-2-3-5-8(7)9(11)12;8-6-3-5-1-2-7(6)9-4-5/h2-6,10H,1H3;1-3H,4,8H2. The Morgan fingerprint density at radius 1 is 1.33 bits per heavy atom. The van der Waals surface area contributed by atoms with E-state index in [1.807, 2.05) is 6.07 Å². The Labute approximate surface area is 131 Å². The molecule has 2 heterocycles. The number of aliphatic hydroxyl groups is 1. The van der Waals surface area contributed by atoms with E-state index < -0.39 is 11.0 Å². The maximum atomic E-state index is 10.4. The van der Waals surface area contributed by atoms with Gasteiger partial charge >= 0.3 is 62.1 Å². The van der Waals surface area contributed by atoms with Gasteiger partial charge in [0, 0.05) is 6.07 Å². The third kappa shape index (κ3) is 3.84. The first-order valence-electron chi connectivity index (χ1n) is 6.41. The molecule has 0 aliphatic carbocycles. The number of nitrogens with zero attached hydrogens (tertiary/aromatic N) is 1. The topological polar surface area (TPSA) is 72.6 Å². The monoisotopic (exact) mass is 349 g/mol. The van der Waals surface area contributed by atoms with Gasteiger partial charge in [-0.1, -0.05) is 12.1 Å². The molecular weight excluding hydrogens is 333 g/mol. The molecule has 0 saturated carbocycles. The number of aliphatic hydroxyl groups excluding tert-OH is 1. The summed E-state index contributed by atoms with van der Waals surface area (Å²) in [5, 5.41) is 19.6. The molecule has 6 heteroatoms. The molecule has 4 rings (SSSR count). The molecule has 0 amide bonds. The number of rotatable bonds is 2. The number of benzene rings is 2. The average Bonchev–Trinajstić information content (AvgIpc) is 2.49. The van der Waals surface area contributed by atoms with Gasteiger partial charge < -0.3 is 5.11 Å². The van der Waals surface area contributed by atoms with Crippen molar-refractivity contribution in [1.29, 1.82) is 0 Å². The molecule has 2 bridgehead atoms. The quantitative estimate of drug-likeness (QED) is 0.507. The maximum absolute atomic E-state index is 10.4. The first kappa shape index (κ1) is 15.5. The van der Waals surface area contributed by atoms with Gasteiger partial charge in [0.1, 0.15) is 0 Å². The van der Waals surface area contributed by atoms with Crippen molar-refractivity contribution in [3.05, 3.63) is 63.7 Å². The molecule has 110 valence electrons. The second-order valence-electron chi connectivity index (χ2n) is 4.65. The summed E-state index contributed by atoms with van der Waals surface area (Å²) in [6.07, 6.45) is -0.799. The Bertz CT molecular complexity index is 658. The fourth-order valence-corrected chi connectivity index (χ4v) is 2.81. The van der Waals surface area contributed by atoms with Crippen LogP contribution in [0.1, 0.15) is 24.2 Å². The van der Waals surface area contributed by atoms with Crippen LogP contribution in [-0.2, 0) is 6.61 Å². The van der Waals surface area contributed by atoms with Crippen LogP contribution in [0, 0.1) is 10.1 Å². The molecule has 0 fully saturated rings. The average molecular weight is 349 g/mol. The number of hydrogen-bond acceptors (Lipinski definition) is 4. The van der Waals surface area contributed by atoms with Crippen LogP contribution in [0.5, 0.6) is 5.75 Å². The van der Waals surface area contributed by atoms with Gasteiger partial charge in [0.05, 0.1) is 16.6 Å². The number of ether oxygens (including phenoxy) is 1. The van der Waals surface area contributed by atoms with Crippen LogP contribution in [0.4, 0.5) is 5.69 Å².